The number of hydrazine groups is 1. The second-order valence-corrected chi connectivity index (χ2v) is 7.02. The maximum Gasteiger partial charge on any atom is 0.226 e. The molecule has 2 aromatic carbocycles. The van der Waals surface area contributed by atoms with E-state index in [2.05, 4.69) is 21.2 Å². The molecule has 3 aromatic rings. The molecule has 4 rings (SSSR count). The highest BCUT2D eigenvalue weighted by atomic mass is 16.5. The number of rotatable bonds is 7. The van der Waals surface area contributed by atoms with Gasteiger partial charge in [-0.25, -0.2) is 10.4 Å². The number of pyridine rings is 1. The summed E-state index contributed by atoms with van der Waals surface area (Å²) in [6.07, 6.45) is 1.70. The molecule has 0 bridgehead atoms. The average Bonchev–Trinajstić information content (AvgIpc) is 3.29. The van der Waals surface area contributed by atoms with Crippen LogP contribution in [0, 0.1) is 5.92 Å². The monoisotopic (exact) mass is 404 g/mol. The fourth-order valence-electron chi connectivity index (χ4n) is 3.40. The van der Waals surface area contributed by atoms with E-state index in [1.165, 1.54) is 0 Å². The fraction of sp³-hybridized carbons (Fsp3) is 0.217. The maximum absolute atomic E-state index is 12.7. The molecule has 1 amide bonds. The lowest BCUT2D eigenvalue weighted by Crippen LogP contribution is -2.34. The number of aromatic nitrogens is 1. The topological polar surface area (TPSA) is 84.5 Å². The lowest BCUT2D eigenvalue weighted by Gasteiger charge is -2.18. The molecule has 7 nitrogen and oxygen atoms in total. The van der Waals surface area contributed by atoms with E-state index in [4.69, 9.17) is 9.47 Å². The van der Waals surface area contributed by atoms with Crippen molar-refractivity contribution in [2.45, 2.75) is 12.6 Å². The number of benzene rings is 2. The van der Waals surface area contributed by atoms with Gasteiger partial charge >= 0.3 is 0 Å². The predicted molar refractivity (Wildman–Crippen MR) is 113 cm³/mol. The molecule has 2 unspecified atom stereocenters. The number of nitrogens with zero attached hydrogens (tertiary/aromatic N) is 1. The summed E-state index contributed by atoms with van der Waals surface area (Å²) in [4.78, 5) is 17.1. The van der Waals surface area contributed by atoms with Crippen LogP contribution < -0.4 is 25.6 Å². The average molecular weight is 404 g/mol. The Labute approximate surface area is 175 Å². The third-order valence-electron chi connectivity index (χ3n) is 5.01. The molecule has 0 radical (unpaired) electrons. The molecule has 1 saturated heterocycles. The number of carbonyl (C=O) groups excluding carboxylic acids is 1. The fourth-order valence-corrected chi connectivity index (χ4v) is 3.40. The summed E-state index contributed by atoms with van der Waals surface area (Å²) >= 11 is 0. The Morgan fingerprint density at radius 2 is 1.93 bits per heavy atom. The second-order valence-electron chi connectivity index (χ2n) is 7.02. The molecule has 2 atom stereocenters. The number of carbonyl (C=O) groups is 1. The van der Waals surface area contributed by atoms with E-state index in [1.54, 1.807) is 25.4 Å². The standard InChI is InChI=1S/C23H24N4O3/c1-29-18-8-5-9-19(12-18)30-21-11-10-16(13-24-21)14-25-23(28)20-15-26-27-22(20)17-6-3-2-4-7-17/h2-13,20,22,26-27H,14-15H2,1H3,(H,25,28). The van der Waals surface area contributed by atoms with Crippen LogP contribution in [0.15, 0.2) is 72.9 Å². The normalized spacial score (nSPS) is 18.0. The van der Waals surface area contributed by atoms with E-state index in [0.29, 0.717) is 24.7 Å². The van der Waals surface area contributed by atoms with Gasteiger partial charge in [0.25, 0.3) is 0 Å². The third-order valence-corrected chi connectivity index (χ3v) is 5.01. The van der Waals surface area contributed by atoms with Gasteiger partial charge in [0.2, 0.25) is 11.8 Å². The van der Waals surface area contributed by atoms with E-state index in [9.17, 15) is 4.79 Å². The van der Waals surface area contributed by atoms with Crippen LogP contribution >= 0.6 is 0 Å². The van der Waals surface area contributed by atoms with Crippen LogP contribution in [0.3, 0.4) is 0 Å². The molecule has 7 heteroatoms. The largest absolute Gasteiger partial charge is 0.497 e. The predicted octanol–water partition coefficient (Wildman–Crippen LogP) is 2.96. The van der Waals surface area contributed by atoms with Gasteiger partial charge in [0.05, 0.1) is 19.1 Å². The first-order chi connectivity index (χ1) is 14.7. The molecule has 2 heterocycles. The Morgan fingerprint density at radius 3 is 2.70 bits per heavy atom. The summed E-state index contributed by atoms with van der Waals surface area (Å²) in [5.41, 5.74) is 8.27. The van der Waals surface area contributed by atoms with Gasteiger partial charge in [-0.1, -0.05) is 42.5 Å². The molecule has 1 fully saturated rings. The third kappa shape index (κ3) is 4.76. The van der Waals surface area contributed by atoms with Crippen LogP contribution in [-0.2, 0) is 11.3 Å². The molecule has 1 aliphatic rings. The van der Waals surface area contributed by atoms with Crippen LogP contribution in [-0.4, -0.2) is 24.5 Å². The van der Waals surface area contributed by atoms with Crippen molar-refractivity contribution in [2.24, 2.45) is 5.92 Å². The van der Waals surface area contributed by atoms with E-state index in [1.807, 2.05) is 54.6 Å². The van der Waals surface area contributed by atoms with Gasteiger partial charge in [-0.05, 0) is 23.3 Å². The van der Waals surface area contributed by atoms with E-state index < -0.39 is 0 Å². The van der Waals surface area contributed by atoms with Crippen molar-refractivity contribution >= 4 is 5.91 Å². The number of hydrogen-bond donors (Lipinski definition) is 3. The molecule has 0 saturated carbocycles. The van der Waals surface area contributed by atoms with E-state index in [0.717, 1.165) is 16.9 Å². The van der Waals surface area contributed by atoms with Crippen LogP contribution in [0.25, 0.3) is 0 Å². The summed E-state index contributed by atoms with van der Waals surface area (Å²) in [5.74, 6) is 1.66. The molecular formula is C23H24N4O3. The zero-order valence-electron chi connectivity index (χ0n) is 16.7. The van der Waals surface area contributed by atoms with Gasteiger partial charge in [0.15, 0.2) is 0 Å². The summed E-state index contributed by atoms with van der Waals surface area (Å²) in [6.45, 7) is 0.986. The Hall–Kier alpha value is -3.42. The molecule has 3 N–H and O–H groups in total. The van der Waals surface area contributed by atoms with Crippen molar-refractivity contribution in [3.8, 4) is 17.4 Å². The molecule has 30 heavy (non-hydrogen) atoms. The van der Waals surface area contributed by atoms with Crippen LogP contribution in [0.4, 0.5) is 0 Å². The zero-order chi connectivity index (χ0) is 20.8. The zero-order valence-corrected chi connectivity index (χ0v) is 16.7. The van der Waals surface area contributed by atoms with Gasteiger partial charge in [0, 0.05) is 31.4 Å². The van der Waals surface area contributed by atoms with Crippen molar-refractivity contribution in [2.75, 3.05) is 13.7 Å². The number of amides is 1. The minimum atomic E-state index is -0.184. The number of ether oxygens (including phenoxy) is 2. The highest BCUT2D eigenvalue weighted by Crippen LogP contribution is 2.25. The second kappa shape index (κ2) is 9.39. The number of nitrogens with one attached hydrogen (secondary N) is 3. The highest BCUT2D eigenvalue weighted by molar-refractivity contribution is 5.80. The quantitative estimate of drug-likeness (QED) is 0.562. The molecule has 1 aromatic heterocycles. The van der Waals surface area contributed by atoms with Gasteiger partial charge in [0.1, 0.15) is 11.5 Å². The van der Waals surface area contributed by atoms with Crippen molar-refractivity contribution in [1.29, 1.82) is 0 Å². The summed E-state index contributed by atoms with van der Waals surface area (Å²) in [5, 5.41) is 3.01. The van der Waals surface area contributed by atoms with Crippen molar-refractivity contribution < 1.29 is 14.3 Å². The molecule has 1 aliphatic heterocycles. The van der Waals surface area contributed by atoms with E-state index >= 15 is 0 Å². The highest BCUT2D eigenvalue weighted by Gasteiger charge is 2.33. The SMILES string of the molecule is COc1cccc(Oc2ccc(CNC(=O)C3CNNC3c3ccccc3)cn2)c1. The van der Waals surface area contributed by atoms with Crippen molar-refractivity contribution in [1.82, 2.24) is 21.2 Å². The first-order valence-electron chi connectivity index (χ1n) is 9.81. The Bertz CT molecular complexity index is 979. The molecular weight excluding hydrogens is 380 g/mol. The van der Waals surface area contributed by atoms with Crippen LogP contribution in [0.5, 0.6) is 17.4 Å². The Balaban J connectivity index is 1.33. The van der Waals surface area contributed by atoms with Crippen LogP contribution in [0.2, 0.25) is 0 Å². The molecule has 154 valence electrons. The smallest absolute Gasteiger partial charge is 0.226 e. The number of methoxy groups -OCH3 is 1. The minimum Gasteiger partial charge on any atom is -0.497 e. The molecule has 0 aliphatic carbocycles. The Kier molecular flexibility index (Phi) is 6.22. The summed E-state index contributed by atoms with van der Waals surface area (Å²) < 4.78 is 10.9. The van der Waals surface area contributed by atoms with Crippen molar-refractivity contribution in [3.05, 3.63) is 84.1 Å². The number of hydrogen-bond acceptors (Lipinski definition) is 6. The lowest BCUT2D eigenvalue weighted by atomic mass is 9.94. The summed E-state index contributed by atoms with van der Waals surface area (Å²) in [7, 11) is 1.61. The first kappa shape index (κ1) is 19.9. The van der Waals surface area contributed by atoms with Gasteiger partial charge in [-0.2, -0.15) is 0 Å². The first-order valence-corrected chi connectivity index (χ1v) is 9.81. The van der Waals surface area contributed by atoms with Gasteiger partial charge in [-0.3, -0.25) is 10.2 Å². The van der Waals surface area contributed by atoms with E-state index in [-0.39, 0.29) is 17.9 Å². The maximum atomic E-state index is 12.7. The minimum absolute atomic E-state index is 0.00180. The summed E-state index contributed by atoms with van der Waals surface area (Å²) in [6, 6.07) is 20.9. The van der Waals surface area contributed by atoms with Crippen LogP contribution in [0.1, 0.15) is 17.2 Å². The molecule has 0 spiro atoms. The van der Waals surface area contributed by atoms with Crippen molar-refractivity contribution in [3.63, 3.8) is 0 Å². The van der Waals surface area contributed by atoms with Gasteiger partial charge in [-0.15, -0.1) is 0 Å². The Morgan fingerprint density at radius 1 is 1.10 bits per heavy atom. The van der Waals surface area contributed by atoms with Gasteiger partial charge < -0.3 is 14.8 Å². The lowest BCUT2D eigenvalue weighted by molar-refractivity contribution is -0.125.